The van der Waals surface area contributed by atoms with Crippen molar-refractivity contribution in [1.29, 1.82) is 0 Å². The lowest BCUT2D eigenvalue weighted by atomic mass is 10.0. The first kappa shape index (κ1) is 15.6. The predicted molar refractivity (Wildman–Crippen MR) is 97.7 cm³/mol. The largest absolute Gasteiger partial charge is 0.481 e. The highest BCUT2D eigenvalue weighted by Crippen LogP contribution is 2.36. The highest BCUT2D eigenvalue weighted by atomic mass is 35.5. The number of allylic oxidation sites excluding steroid dienone is 1. The molecule has 2 aliphatic rings. The molecule has 0 radical (unpaired) electrons. The number of fused-ring (bicyclic) bond motifs is 1. The molecule has 0 spiro atoms. The van der Waals surface area contributed by atoms with Crippen molar-refractivity contribution in [2.24, 2.45) is 16.0 Å². The minimum absolute atomic E-state index is 0.579. The Kier molecular flexibility index (Phi) is 3.86. The van der Waals surface area contributed by atoms with E-state index in [1.54, 1.807) is 11.1 Å². The van der Waals surface area contributed by atoms with Gasteiger partial charge in [0, 0.05) is 16.8 Å². The summed E-state index contributed by atoms with van der Waals surface area (Å²) in [6.07, 6.45) is 2.70. The summed E-state index contributed by atoms with van der Waals surface area (Å²) in [5.41, 5.74) is 3.17. The monoisotopic (exact) mass is 351 g/mol. The van der Waals surface area contributed by atoms with Crippen molar-refractivity contribution in [3.05, 3.63) is 76.8 Å². The van der Waals surface area contributed by atoms with Crippen molar-refractivity contribution in [2.75, 3.05) is 0 Å². The Labute approximate surface area is 149 Å². The molecule has 2 heterocycles. The number of carbonyl (C=O) groups is 1. The molecule has 0 aromatic heterocycles. The Morgan fingerprint density at radius 2 is 1.80 bits per heavy atom. The molecule has 1 N–H and O–H groups in total. The first-order chi connectivity index (χ1) is 12.1. The van der Waals surface area contributed by atoms with Crippen LogP contribution in [0.4, 0.5) is 0 Å². The molecule has 0 amide bonds. The van der Waals surface area contributed by atoms with E-state index < -0.39 is 18.1 Å². The highest BCUT2D eigenvalue weighted by Gasteiger charge is 2.40. The molecule has 5 nitrogen and oxygen atoms in total. The first-order valence-electron chi connectivity index (χ1n) is 7.81. The number of benzene rings is 2. The van der Waals surface area contributed by atoms with Crippen molar-refractivity contribution in [3.8, 4) is 0 Å². The second-order valence-corrected chi connectivity index (χ2v) is 6.18. The van der Waals surface area contributed by atoms with Crippen LogP contribution in [0.3, 0.4) is 0 Å². The zero-order valence-corrected chi connectivity index (χ0v) is 13.8. The van der Waals surface area contributed by atoms with Crippen molar-refractivity contribution in [2.45, 2.75) is 6.17 Å². The van der Waals surface area contributed by atoms with Crippen molar-refractivity contribution < 1.29 is 9.90 Å². The molecule has 124 valence electrons. The fraction of sp³-hybridized carbons (Fsp3) is 0.105. The third-order valence-electron chi connectivity index (χ3n) is 4.22. The molecule has 0 saturated heterocycles. The van der Waals surface area contributed by atoms with Gasteiger partial charge in [0.05, 0.1) is 11.4 Å². The minimum atomic E-state index is -0.951. The number of aliphatic carboxylic acids is 1. The van der Waals surface area contributed by atoms with Gasteiger partial charge in [-0.05, 0) is 17.7 Å². The molecule has 0 saturated carbocycles. The Bertz CT molecular complexity index is 921. The Hall–Kier alpha value is -2.92. The van der Waals surface area contributed by atoms with Crippen LogP contribution in [0.5, 0.6) is 0 Å². The van der Waals surface area contributed by atoms with Crippen LogP contribution in [-0.4, -0.2) is 34.2 Å². The normalized spacial score (nSPS) is 21.6. The topological polar surface area (TPSA) is 65.3 Å². The number of rotatable bonds is 3. The quantitative estimate of drug-likeness (QED) is 0.920. The van der Waals surface area contributed by atoms with Crippen LogP contribution in [0.25, 0.3) is 5.70 Å². The summed E-state index contributed by atoms with van der Waals surface area (Å²) in [4.78, 5) is 16.2. The zero-order chi connectivity index (χ0) is 17.4. The molecule has 4 rings (SSSR count). The number of halogens is 1. The summed E-state index contributed by atoms with van der Waals surface area (Å²) in [5, 5.41) is 16.0. The van der Waals surface area contributed by atoms with Crippen LogP contribution >= 0.6 is 11.6 Å². The van der Waals surface area contributed by atoms with Crippen LogP contribution in [0, 0.1) is 5.92 Å². The molecule has 2 aliphatic heterocycles. The van der Waals surface area contributed by atoms with E-state index >= 15 is 0 Å². The maximum absolute atomic E-state index is 11.6. The number of nitrogens with zero attached hydrogens (tertiary/aromatic N) is 3. The Balaban J connectivity index is 1.86. The van der Waals surface area contributed by atoms with Gasteiger partial charge in [-0.2, -0.15) is 5.10 Å². The van der Waals surface area contributed by atoms with Gasteiger partial charge in [-0.25, -0.2) is 5.01 Å². The van der Waals surface area contributed by atoms with Crippen molar-refractivity contribution in [3.63, 3.8) is 0 Å². The van der Waals surface area contributed by atoms with E-state index in [-0.39, 0.29) is 0 Å². The summed E-state index contributed by atoms with van der Waals surface area (Å²) in [6, 6.07) is 17.1. The van der Waals surface area contributed by atoms with Crippen LogP contribution in [0.15, 0.2) is 70.8 Å². The van der Waals surface area contributed by atoms with E-state index in [0.29, 0.717) is 10.7 Å². The molecular weight excluding hydrogens is 338 g/mol. The van der Waals surface area contributed by atoms with Gasteiger partial charge in [-0.1, -0.05) is 60.1 Å². The van der Waals surface area contributed by atoms with Gasteiger partial charge in [0.25, 0.3) is 0 Å². The molecule has 2 aromatic carbocycles. The smallest absolute Gasteiger partial charge is 0.316 e. The van der Waals surface area contributed by atoms with E-state index in [2.05, 4.69) is 10.1 Å². The lowest BCUT2D eigenvalue weighted by molar-refractivity contribution is -0.140. The SMILES string of the molecule is O=C(O)C1C=NN2C(c3ccccc3Cl)=CC(c3ccccc3)=NC12. The fourth-order valence-electron chi connectivity index (χ4n) is 2.98. The summed E-state index contributed by atoms with van der Waals surface area (Å²) in [5.74, 6) is -1.75. The molecule has 2 atom stereocenters. The number of hydrogen-bond acceptors (Lipinski definition) is 4. The molecule has 0 fully saturated rings. The van der Waals surface area contributed by atoms with Crippen molar-refractivity contribution >= 4 is 35.2 Å². The van der Waals surface area contributed by atoms with E-state index in [0.717, 1.165) is 16.8 Å². The molecule has 0 bridgehead atoms. The van der Waals surface area contributed by atoms with Gasteiger partial charge in [-0.3, -0.25) is 9.79 Å². The van der Waals surface area contributed by atoms with Gasteiger partial charge < -0.3 is 5.11 Å². The number of carboxylic acid groups (broad SMARTS) is 1. The minimum Gasteiger partial charge on any atom is -0.481 e. The summed E-state index contributed by atoms with van der Waals surface area (Å²) in [6.45, 7) is 0. The summed E-state index contributed by atoms with van der Waals surface area (Å²) >= 11 is 6.37. The van der Waals surface area contributed by atoms with Crippen LogP contribution in [0.2, 0.25) is 5.02 Å². The first-order valence-corrected chi connectivity index (χ1v) is 8.19. The average Bonchev–Trinajstić information content (AvgIpc) is 3.06. The third kappa shape index (κ3) is 2.72. The van der Waals surface area contributed by atoms with Gasteiger partial charge >= 0.3 is 5.97 Å². The number of carboxylic acids is 1. The molecule has 2 aromatic rings. The van der Waals surface area contributed by atoms with Gasteiger partial charge in [0.15, 0.2) is 6.17 Å². The average molecular weight is 352 g/mol. The second-order valence-electron chi connectivity index (χ2n) is 5.78. The fourth-order valence-corrected chi connectivity index (χ4v) is 3.22. The summed E-state index contributed by atoms with van der Waals surface area (Å²) in [7, 11) is 0. The molecule has 0 aliphatic carbocycles. The zero-order valence-electron chi connectivity index (χ0n) is 13.1. The lowest BCUT2D eigenvalue weighted by Crippen LogP contribution is -2.37. The van der Waals surface area contributed by atoms with Crippen LogP contribution in [0.1, 0.15) is 11.1 Å². The standard InChI is InChI=1S/C19H14ClN3O2/c20-15-9-5-4-8-13(15)17-10-16(12-6-2-1-3-7-12)22-18-14(19(24)25)11-21-23(17)18/h1-11,14,18H,(H,24,25). The number of hydrogen-bond donors (Lipinski definition) is 1. The van der Waals surface area contributed by atoms with Gasteiger partial charge in [0.1, 0.15) is 5.92 Å². The Morgan fingerprint density at radius 3 is 2.52 bits per heavy atom. The van der Waals surface area contributed by atoms with Crippen LogP contribution < -0.4 is 0 Å². The second kappa shape index (κ2) is 6.18. The summed E-state index contributed by atoms with van der Waals surface area (Å²) < 4.78 is 0. The maximum atomic E-state index is 11.6. The third-order valence-corrected chi connectivity index (χ3v) is 4.55. The van der Waals surface area contributed by atoms with E-state index in [1.807, 2.05) is 54.6 Å². The van der Waals surface area contributed by atoms with E-state index in [9.17, 15) is 9.90 Å². The van der Waals surface area contributed by atoms with E-state index in [4.69, 9.17) is 11.6 Å². The molecule has 2 unspecified atom stereocenters. The Morgan fingerprint density at radius 1 is 1.08 bits per heavy atom. The molecular formula is C19H14ClN3O2. The van der Waals surface area contributed by atoms with E-state index in [1.165, 1.54) is 6.21 Å². The highest BCUT2D eigenvalue weighted by molar-refractivity contribution is 6.32. The van der Waals surface area contributed by atoms with Gasteiger partial charge in [0.2, 0.25) is 0 Å². The van der Waals surface area contributed by atoms with Crippen LogP contribution in [-0.2, 0) is 4.79 Å². The van der Waals surface area contributed by atoms with Crippen molar-refractivity contribution in [1.82, 2.24) is 5.01 Å². The predicted octanol–water partition coefficient (Wildman–Crippen LogP) is 3.51. The number of hydrazone groups is 1. The molecule has 6 heteroatoms. The van der Waals surface area contributed by atoms with Gasteiger partial charge in [-0.15, -0.1) is 0 Å². The molecule has 25 heavy (non-hydrogen) atoms. The lowest BCUT2D eigenvalue weighted by Gasteiger charge is -2.30. The number of aliphatic imine (C=N–C) groups is 1. The maximum Gasteiger partial charge on any atom is 0.316 e.